The standard InChI is InChI=1S/C19H33N3O3S/c1-22(2)14-16(12-19(24)25)21-18(23)11-9-7-5-3-4-6-8-10-17-13-20-15-26-17/h13,15-16H,3-12,14H2,1-2H3,(H,21,23)(H,24,25)/t16-/m1/s1. The molecule has 1 rings (SSSR count). The summed E-state index contributed by atoms with van der Waals surface area (Å²) in [5.74, 6) is -0.921. The number of amides is 1. The number of likely N-dealkylation sites (N-methyl/N-ethyl adjacent to an activating group) is 1. The predicted molar refractivity (Wildman–Crippen MR) is 105 cm³/mol. The highest BCUT2D eigenvalue weighted by Crippen LogP contribution is 2.13. The molecule has 2 N–H and O–H groups in total. The Morgan fingerprint density at radius 1 is 1.15 bits per heavy atom. The number of hydrogen-bond acceptors (Lipinski definition) is 5. The minimum absolute atomic E-state index is 0.0363. The molecular formula is C19H33N3O3S. The maximum atomic E-state index is 12.0. The lowest BCUT2D eigenvalue weighted by Crippen LogP contribution is -2.42. The van der Waals surface area contributed by atoms with Crippen LogP contribution >= 0.6 is 11.3 Å². The van der Waals surface area contributed by atoms with Gasteiger partial charge in [-0.2, -0.15) is 0 Å². The van der Waals surface area contributed by atoms with Crippen molar-refractivity contribution < 1.29 is 14.7 Å². The molecule has 1 aromatic heterocycles. The lowest BCUT2D eigenvalue weighted by molar-refractivity contribution is -0.137. The minimum Gasteiger partial charge on any atom is -0.481 e. The number of carbonyl (C=O) groups is 2. The number of aromatic nitrogens is 1. The molecule has 1 atom stereocenters. The zero-order valence-electron chi connectivity index (χ0n) is 16.1. The second kappa shape index (κ2) is 13.7. The third kappa shape index (κ3) is 12.0. The number of nitrogens with zero attached hydrogens (tertiary/aromatic N) is 2. The molecule has 0 aliphatic rings. The average molecular weight is 384 g/mol. The third-order valence-corrected chi connectivity index (χ3v) is 5.02. The molecule has 0 fully saturated rings. The van der Waals surface area contributed by atoms with E-state index in [1.165, 1.54) is 30.6 Å². The maximum Gasteiger partial charge on any atom is 0.305 e. The summed E-state index contributed by atoms with van der Waals surface area (Å²) in [5.41, 5.74) is 1.88. The van der Waals surface area contributed by atoms with Crippen LogP contribution < -0.4 is 5.32 Å². The van der Waals surface area contributed by atoms with E-state index in [4.69, 9.17) is 5.11 Å². The van der Waals surface area contributed by atoms with Gasteiger partial charge in [0.2, 0.25) is 5.91 Å². The van der Waals surface area contributed by atoms with Gasteiger partial charge >= 0.3 is 5.97 Å². The summed E-state index contributed by atoms with van der Waals surface area (Å²) >= 11 is 1.73. The first-order valence-electron chi connectivity index (χ1n) is 9.50. The van der Waals surface area contributed by atoms with Gasteiger partial charge in [-0.1, -0.05) is 32.1 Å². The van der Waals surface area contributed by atoms with Crippen molar-refractivity contribution in [2.45, 2.75) is 70.3 Å². The molecule has 0 unspecified atom stereocenters. The Hall–Kier alpha value is -1.47. The van der Waals surface area contributed by atoms with E-state index in [9.17, 15) is 9.59 Å². The lowest BCUT2D eigenvalue weighted by atomic mass is 10.1. The Bertz CT molecular complexity index is 506. The van der Waals surface area contributed by atoms with E-state index in [1.807, 2.05) is 30.7 Å². The number of hydrogen-bond donors (Lipinski definition) is 2. The van der Waals surface area contributed by atoms with Crippen LogP contribution in [0.15, 0.2) is 11.7 Å². The van der Waals surface area contributed by atoms with Gasteiger partial charge in [0.25, 0.3) is 0 Å². The smallest absolute Gasteiger partial charge is 0.305 e. The Morgan fingerprint density at radius 3 is 2.38 bits per heavy atom. The number of rotatable bonds is 15. The molecule has 0 aliphatic carbocycles. The molecule has 0 aromatic carbocycles. The number of carbonyl (C=O) groups excluding carboxylic acids is 1. The van der Waals surface area contributed by atoms with E-state index in [0.717, 1.165) is 25.7 Å². The zero-order chi connectivity index (χ0) is 19.2. The topological polar surface area (TPSA) is 82.5 Å². The number of aryl methyl sites for hydroxylation is 1. The first-order valence-corrected chi connectivity index (χ1v) is 10.4. The fourth-order valence-corrected chi connectivity index (χ4v) is 3.59. The molecule has 1 amide bonds. The summed E-state index contributed by atoms with van der Waals surface area (Å²) in [6.07, 6.45) is 11.5. The first-order chi connectivity index (χ1) is 12.5. The molecule has 1 heterocycles. The number of aliphatic carboxylic acids is 1. The third-order valence-electron chi connectivity index (χ3n) is 4.18. The maximum absolute atomic E-state index is 12.0. The van der Waals surface area contributed by atoms with Gasteiger partial charge < -0.3 is 15.3 Å². The molecule has 0 spiro atoms. The van der Waals surface area contributed by atoms with Crippen LogP contribution in [0.1, 0.15) is 62.7 Å². The van der Waals surface area contributed by atoms with Crippen molar-refractivity contribution in [3.05, 3.63) is 16.6 Å². The molecule has 6 nitrogen and oxygen atoms in total. The summed E-state index contributed by atoms with van der Waals surface area (Å²) in [6.45, 7) is 0.541. The van der Waals surface area contributed by atoms with E-state index < -0.39 is 5.97 Å². The van der Waals surface area contributed by atoms with Crippen LogP contribution in [0.2, 0.25) is 0 Å². The highest BCUT2D eigenvalue weighted by molar-refractivity contribution is 7.09. The fraction of sp³-hybridized carbons (Fsp3) is 0.737. The highest BCUT2D eigenvalue weighted by atomic mass is 32.1. The second-order valence-electron chi connectivity index (χ2n) is 7.07. The summed E-state index contributed by atoms with van der Waals surface area (Å²) in [4.78, 5) is 30.2. The first kappa shape index (κ1) is 22.6. The molecule has 0 saturated heterocycles. The van der Waals surface area contributed by atoms with E-state index in [2.05, 4.69) is 10.3 Å². The molecule has 0 radical (unpaired) electrons. The predicted octanol–water partition coefficient (Wildman–Crippen LogP) is 3.33. The van der Waals surface area contributed by atoms with Crippen molar-refractivity contribution in [3.63, 3.8) is 0 Å². The van der Waals surface area contributed by atoms with Gasteiger partial charge in [0, 0.05) is 24.0 Å². The van der Waals surface area contributed by atoms with Crippen molar-refractivity contribution in [1.82, 2.24) is 15.2 Å². The molecule has 0 aliphatic heterocycles. The number of nitrogens with one attached hydrogen (secondary N) is 1. The fourth-order valence-electron chi connectivity index (χ4n) is 2.95. The molecule has 26 heavy (non-hydrogen) atoms. The number of unbranched alkanes of at least 4 members (excludes halogenated alkanes) is 6. The Balaban J connectivity index is 2.00. The van der Waals surface area contributed by atoms with Crippen molar-refractivity contribution >= 4 is 23.2 Å². The summed E-state index contributed by atoms with van der Waals surface area (Å²) in [7, 11) is 3.75. The Kier molecular flexibility index (Phi) is 11.9. The molecular weight excluding hydrogens is 350 g/mol. The van der Waals surface area contributed by atoms with E-state index in [0.29, 0.717) is 13.0 Å². The second-order valence-corrected chi connectivity index (χ2v) is 8.04. The Morgan fingerprint density at radius 2 is 1.81 bits per heavy atom. The van der Waals surface area contributed by atoms with Gasteiger partial charge in [-0.15, -0.1) is 11.3 Å². The molecule has 148 valence electrons. The van der Waals surface area contributed by atoms with Crippen molar-refractivity contribution in [3.8, 4) is 0 Å². The van der Waals surface area contributed by atoms with Gasteiger partial charge in [0.1, 0.15) is 0 Å². The van der Waals surface area contributed by atoms with Crippen LogP contribution in [0, 0.1) is 0 Å². The van der Waals surface area contributed by atoms with Crippen molar-refractivity contribution in [1.29, 1.82) is 0 Å². The van der Waals surface area contributed by atoms with Crippen LogP contribution in [0.5, 0.6) is 0 Å². The van der Waals surface area contributed by atoms with Gasteiger partial charge in [-0.25, -0.2) is 0 Å². The summed E-state index contributed by atoms with van der Waals surface area (Å²) in [5, 5.41) is 11.8. The number of thiazole rings is 1. The van der Waals surface area contributed by atoms with Gasteiger partial charge in [0.05, 0.1) is 18.0 Å². The summed E-state index contributed by atoms with van der Waals surface area (Å²) in [6, 6.07) is -0.325. The van der Waals surface area contributed by atoms with Crippen LogP contribution in [-0.2, 0) is 16.0 Å². The molecule has 0 saturated carbocycles. The molecule has 7 heteroatoms. The monoisotopic (exact) mass is 383 g/mol. The highest BCUT2D eigenvalue weighted by Gasteiger charge is 2.16. The largest absolute Gasteiger partial charge is 0.481 e. The quantitative estimate of drug-likeness (QED) is 0.454. The zero-order valence-corrected chi connectivity index (χ0v) is 16.9. The summed E-state index contributed by atoms with van der Waals surface area (Å²) < 4.78 is 0. The minimum atomic E-state index is -0.882. The number of carboxylic acids is 1. The van der Waals surface area contributed by atoms with Crippen LogP contribution in [0.25, 0.3) is 0 Å². The average Bonchev–Trinajstić information content (AvgIpc) is 3.05. The van der Waals surface area contributed by atoms with E-state index in [-0.39, 0.29) is 18.4 Å². The SMILES string of the molecule is CN(C)C[C@@H](CC(=O)O)NC(=O)CCCCCCCCCc1cncs1. The lowest BCUT2D eigenvalue weighted by Gasteiger charge is -2.20. The van der Waals surface area contributed by atoms with E-state index >= 15 is 0 Å². The van der Waals surface area contributed by atoms with Gasteiger partial charge in [-0.05, 0) is 33.4 Å². The van der Waals surface area contributed by atoms with Crippen LogP contribution in [0.4, 0.5) is 0 Å². The van der Waals surface area contributed by atoms with E-state index in [1.54, 1.807) is 11.3 Å². The van der Waals surface area contributed by atoms with Crippen molar-refractivity contribution in [2.24, 2.45) is 0 Å². The van der Waals surface area contributed by atoms with Crippen LogP contribution in [0.3, 0.4) is 0 Å². The van der Waals surface area contributed by atoms with Crippen LogP contribution in [-0.4, -0.2) is 53.5 Å². The van der Waals surface area contributed by atoms with Crippen molar-refractivity contribution in [2.75, 3.05) is 20.6 Å². The normalized spacial score (nSPS) is 12.3. The molecule has 1 aromatic rings. The van der Waals surface area contributed by atoms with Gasteiger partial charge in [-0.3, -0.25) is 14.6 Å². The number of carboxylic acid groups (broad SMARTS) is 1. The Labute approximate surface area is 161 Å². The van der Waals surface area contributed by atoms with Gasteiger partial charge in [0.15, 0.2) is 0 Å². The molecule has 0 bridgehead atoms.